The zero-order chi connectivity index (χ0) is 14.8. The zero-order valence-corrected chi connectivity index (χ0v) is 10.9. The van der Waals surface area contributed by atoms with E-state index in [1.54, 1.807) is 48.5 Å². The first kappa shape index (κ1) is 13.3. The molecule has 0 spiro atoms. The molecule has 0 amide bonds. The van der Waals surface area contributed by atoms with Crippen LogP contribution in [0.3, 0.4) is 0 Å². The number of aliphatic carboxylic acids is 1. The molecule has 1 fully saturated rings. The molecule has 2 atom stereocenters. The van der Waals surface area contributed by atoms with Gasteiger partial charge in [0, 0.05) is 0 Å². The van der Waals surface area contributed by atoms with E-state index in [4.69, 9.17) is 14.6 Å². The van der Waals surface area contributed by atoms with Crippen LogP contribution in [-0.4, -0.2) is 23.1 Å². The average Bonchev–Trinajstić information content (AvgIpc) is 3.30. The van der Waals surface area contributed by atoms with Gasteiger partial charge in [-0.25, -0.2) is 9.59 Å². The fraction of sp³-hybridized carbons (Fsp3) is 0.125. The third-order valence-corrected chi connectivity index (χ3v) is 3.16. The summed E-state index contributed by atoms with van der Waals surface area (Å²) >= 11 is 0. The number of carbonyl (C=O) groups excluding carboxylic acids is 1. The maximum Gasteiger partial charge on any atom is 0.343 e. The lowest BCUT2D eigenvalue weighted by Crippen LogP contribution is -2.08. The quantitative estimate of drug-likeness (QED) is 0.530. The van der Waals surface area contributed by atoms with E-state index in [0.29, 0.717) is 11.3 Å². The molecule has 0 radical (unpaired) electrons. The van der Waals surface area contributed by atoms with Crippen molar-refractivity contribution >= 4 is 11.9 Å². The van der Waals surface area contributed by atoms with Crippen LogP contribution in [-0.2, 0) is 9.53 Å². The minimum atomic E-state index is -0.973. The molecule has 106 valence electrons. The van der Waals surface area contributed by atoms with Crippen molar-refractivity contribution in [1.82, 2.24) is 0 Å². The number of carboxylic acids is 1. The van der Waals surface area contributed by atoms with Crippen molar-refractivity contribution in [3.8, 4) is 5.75 Å². The summed E-state index contributed by atoms with van der Waals surface area (Å²) in [5.74, 6) is -1.01. The maximum atomic E-state index is 11.9. The monoisotopic (exact) mass is 284 g/mol. The van der Waals surface area contributed by atoms with E-state index in [2.05, 4.69) is 0 Å². The Balaban J connectivity index is 1.65. The van der Waals surface area contributed by atoms with Crippen molar-refractivity contribution in [2.24, 2.45) is 0 Å². The maximum absolute atomic E-state index is 11.9. The summed E-state index contributed by atoms with van der Waals surface area (Å²) in [5, 5.41) is 8.79. The van der Waals surface area contributed by atoms with Gasteiger partial charge in [0.2, 0.25) is 0 Å². The van der Waals surface area contributed by atoms with Crippen LogP contribution in [0.5, 0.6) is 5.75 Å². The van der Waals surface area contributed by atoms with Crippen LogP contribution in [0.15, 0.2) is 54.6 Å². The summed E-state index contributed by atoms with van der Waals surface area (Å²) in [6.07, 6.45) is -1.19. The van der Waals surface area contributed by atoms with E-state index in [9.17, 15) is 9.59 Å². The first-order chi connectivity index (χ1) is 10.1. The molecule has 21 heavy (non-hydrogen) atoms. The van der Waals surface area contributed by atoms with Crippen molar-refractivity contribution in [2.45, 2.75) is 12.2 Å². The number of hydrogen-bond donors (Lipinski definition) is 1. The Kier molecular flexibility index (Phi) is 3.41. The molecule has 0 bridgehead atoms. The third kappa shape index (κ3) is 2.93. The molecule has 5 nitrogen and oxygen atoms in total. The van der Waals surface area contributed by atoms with Crippen LogP contribution in [0.25, 0.3) is 0 Å². The fourth-order valence-electron chi connectivity index (χ4n) is 2.02. The number of benzene rings is 2. The molecule has 1 heterocycles. The minimum absolute atomic E-state index is 0.403. The first-order valence-corrected chi connectivity index (χ1v) is 6.40. The molecule has 2 aromatic rings. The summed E-state index contributed by atoms with van der Waals surface area (Å²) in [7, 11) is 0. The topological polar surface area (TPSA) is 76.1 Å². The van der Waals surface area contributed by atoms with Gasteiger partial charge in [-0.2, -0.15) is 0 Å². The molecule has 0 aromatic heterocycles. The Morgan fingerprint density at radius 1 is 1.00 bits per heavy atom. The molecule has 0 saturated carbocycles. The normalized spacial score (nSPS) is 19.8. The van der Waals surface area contributed by atoms with Crippen molar-refractivity contribution in [2.75, 3.05) is 0 Å². The molecular weight excluding hydrogens is 272 g/mol. The molecule has 0 unspecified atom stereocenters. The Hall–Kier alpha value is -2.66. The van der Waals surface area contributed by atoms with Crippen molar-refractivity contribution in [1.29, 1.82) is 0 Å². The second-order valence-electron chi connectivity index (χ2n) is 4.64. The SMILES string of the molecule is O=C(Oc1ccc([C@@H]2O[C@H]2C(=O)O)cc1)c1ccccc1. The molecule has 1 saturated heterocycles. The third-order valence-electron chi connectivity index (χ3n) is 3.16. The lowest BCUT2D eigenvalue weighted by Gasteiger charge is -2.04. The number of rotatable bonds is 4. The summed E-state index contributed by atoms with van der Waals surface area (Å²) < 4.78 is 10.3. The summed E-state index contributed by atoms with van der Waals surface area (Å²) in [4.78, 5) is 22.6. The van der Waals surface area contributed by atoms with Crippen LogP contribution < -0.4 is 4.74 Å². The van der Waals surface area contributed by atoms with Gasteiger partial charge in [0.15, 0.2) is 6.10 Å². The van der Waals surface area contributed by atoms with Gasteiger partial charge in [-0.3, -0.25) is 0 Å². The van der Waals surface area contributed by atoms with Gasteiger partial charge in [0.25, 0.3) is 0 Å². The van der Waals surface area contributed by atoms with Crippen molar-refractivity contribution in [3.05, 3.63) is 65.7 Å². The van der Waals surface area contributed by atoms with E-state index in [0.717, 1.165) is 5.56 Å². The molecular formula is C16H12O5. The molecule has 1 aliphatic rings. The van der Waals surface area contributed by atoms with Gasteiger partial charge < -0.3 is 14.6 Å². The minimum Gasteiger partial charge on any atom is -0.479 e. The Morgan fingerprint density at radius 3 is 2.24 bits per heavy atom. The van der Waals surface area contributed by atoms with Crippen LogP contribution >= 0.6 is 0 Å². The average molecular weight is 284 g/mol. The summed E-state index contributed by atoms with van der Waals surface area (Å²) in [6.45, 7) is 0. The van der Waals surface area contributed by atoms with Crippen LogP contribution in [0.4, 0.5) is 0 Å². The smallest absolute Gasteiger partial charge is 0.343 e. The highest BCUT2D eigenvalue weighted by molar-refractivity contribution is 5.90. The number of carbonyl (C=O) groups is 2. The van der Waals surface area contributed by atoms with Crippen LogP contribution in [0, 0.1) is 0 Å². The molecule has 1 aliphatic heterocycles. The Labute approximate surface area is 120 Å². The Bertz CT molecular complexity index is 663. The van der Waals surface area contributed by atoms with E-state index in [-0.39, 0.29) is 0 Å². The van der Waals surface area contributed by atoms with Crippen molar-refractivity contribution < 1.29 is 24.2 Å². The molecule has 0 aliphatic carbocycles. The fourth-order valence-corrected chi connectivity index (χ4v) is 2.02. The largest absolute Gasteiger partial charge is 0.479 e. The first-order valence-electron chi connectivity index (χ1n) is 6.40. The molecule has 3 rings (SSSR count). The van der Waals surface area contributed by atoms with Crippen molar-refractivity contribution in [3.63, 3.8) is 0 Å². The Morgan fingerprint density at radius 2 is 1.67 bits per heavy atom. The number of hydrogen-bond acceptors (Lipinski definition) is 4. The standard InChI is InChI=1S/C16H12O5/c17-15(18)14-13(21-14)10-6-8-12(9-7-10)20-16(19)11-4-2-1-3-5-11/h1-9,13-14H,(H,17,18)/t13-,14+/m0/s1. The predicted octanol–water partition coefficient (Wildman–Crippen LogP) is 2.43. The van der Waals surface area contributed by atoms with Gasteiger partial charge in [-0.05, 0) is 29.8 Å². The van der Waals surface area contributed by atoms with E-state index >= 15 is 0 Å². The zero-order valence-electron chi connectivity index (χ0n) is 10.9. The number of esters is 1. The van der Waals surface area contributed by atoms with Gasteiger partial charge in [-0.15, -0.1) is 0 Å². The second-order valence-corrected chi connectivity index (χ2v) is 4.64. The van der Waals surface area contributed by atoms with Crippen LogP contribution in [0.1, 0.15) is 22.0 Å². The highest BCUT2D eigenvalue weighted by Crippen LogP contribution is 2.39. The van der Waals surface area contributed by atoms with Gasteiger partial charge in [0.05, 0.1) is 5.56 Å². The highest BCUT2D eigenvalue weighted by Gasteiger charge is 2.46. The summed E-state index contributed by atoms with van der Waals surface area (Å²) in [5.41, 5.74) is 1.22. The molecule has 1 N–H and O–H groups in total. The van der Waals surface area contributed by atoms with E-state index in [1.807, 2.05) is 6.07 Å². The highest BCUT2D eigenvalue weighted by atomic mass is 16.6. The van der Waals surface area contributed by atoms with Crippen LogP contribution in [0.2, 0.25) is 0 Å². The van der Waals surface area contributed by atoms with Gasteiger partial charge in [-0.1, -0.05) is 30.3 Å². The van der Waals surface area contributed by atoms with E-state index < -0.39 is 24.1 Å². The number of epoxide rings is 1. The lowest BCUT2D eigenvalue weighted by molar-refractivity contribution is -0.138. The molecule has 2 aromatic carbocycles. The summed E-state index contributed by atoms with van der Waals surface area (Å²) in [6, 6.07) is 15.3. The molecule has 5 heteroatoms. The second kappa shape index (κ2) is 5.38. The van der Waals surface area contributed by atoms with Gasteiger partial charge >= 0.3 is 11.9 Å². The number of ether oxygens (including phenoxy) is 2. The van der Waals surface area contributed by atoms with E-state index in [1.165, 1.54) is 0 Å². The number of carboxylic acid groups (broad SMARTS) is 1. The predicted molar refractivity (Wildman–Crippen MR) is 73.1 cm³/mol. The van der Waals surface area contributed by atoms with Gasteiger partial charge in [0.1, 0.15) is 11.9 Å². The lowest BCUT2D eigenvalue weighted by atomic mass is 10.1.